The first kappa shape index (κ1) is 13.1. The van der Waals surface area contributed by atoms with Gasteiger partial charge in [-0.3, -0.25) is 0 Å². The van der Waals surface area contributed by atoms with Crippen molar-refractivity contribution in [3.05, 3.63) is 41.7 Å². The average molecular weight is 258 g/mol. The van der Waals surface area contributed by atoms with Crippen molar-refractivity contribution in [3.8, 4) is 11.3 Å². The maximum absolute atomic E-state index is 12.9. The van der Waals surface area contributed by atoms with Gasteiger partial charge in [-0.2, -0.15) is 0 Å². The van der Waals surface area contributed by atoms with Gasteiger partial charge in [0.15, 0.2) is 5.82 Å². The fourth-order valence-electron chi connectivity index (χ4n) is 1.54. The number of hydrogen-bond acceptors (Lipinski definition) is 3. The van der Waals surface area contributed by atoms with Gasteiger partial charge >= 0.3 is 0 Å². The monoisotopic (exact) mass is 258 g/mol. The number of rotatable bonds is 3. The summed E-state index contributed by atoms with van der Waals surface area (Å²) < 4.78 is 12.9. The van der Waals surface area contributed by atoms with Crippen molar-refractivity contribution >= 4 is 12.2 Å². The Kier molecular flexibility index (Phi) is 3.85. The van der Waals surface area contributed by atoms with Crippen LogP contribution in [0, 0.1) is 12.7 Å². The molecule has 2 aromatic rings. The van der Waals surface area contributed by atoms with Gasteiger partial charge in [-0.25, -0.2) is 9.38 Å². The van der Waals surface area contributed by atoms with Crippen molar-refractivity contribution in [2.45, 2.75) is 6.92 Å². The summed E-state index contributed by atoms with van der Waals surface area (Å²) in [6, 6.07) is 8.07. The van der Waals surface area contributed by atoms with E-state index in [0.717, 1.165) is 11.1 Å². The van der Waals surface area contributed by atoms with E-state index in [-0.39, 0.29) is 5.82 Å². The normalized spacial score (nSPS) is 10.9. The second-order valence-electron chi connectivity index (χ2n) is 4.45. The quantitative estimate of drug-likeness (QED) is 0.628. The lowest BCUT2D eigenvalue weighted by molar-refractivity contribution is 0.628. The Balaban J connectivity index is 2.30. The lowest BCUT2D eigenvalue weighted by atomic mass is 10.1. The molecule has 0 radical (unpaired) electrons. The third kappa shape index (κ3) is 3.34. The molecule has 1 heterocycles. The van der Waals surface area contributed by atoms with E-state index in [2.05, 4.69) is 15.2 Å². The van der Waals surface area contributed by atoms with E-state index in [9.17, 15) is 4.39 Å². The van der Waals surface area contributed by atoms with E-state index in [1.54, 1.807) is 18.5 Å². The predicted molar refractivity (Wildman–Crippen MR) is 74.0 cm³/mol. The third-order valence-corrected chi connectivity index (χ3v) is 2.51. The van der Waals surface area contributed by atoms with Crippen molar-refractivity contribution < 1.29 is 4.39 Å². The molecule has 5 heteroatoms. The van der Waals surface area contributed by atoms with Crippen molar-refractivity contribution in [1.29, 1.82) is 0 Å². The van der Waals surface area contributed by atoms with Gasteiger partial charge in [0.25, 0.3) is 0 Å². The van der Waals surface area contributed by atoms with Gasteiger partial charge in [0, 0.05) is 19.7 Å². The largest absolute Gasteiger partial charge is 0.369 e. The van der Waals surface area contributed by atoms with Crippen LogP contribution in [0.15, 0.2) is 35.3 Å². The molecule has 0 atom stereocenters. The first-order valence-corrected chi connectivity index (χ1v) is 5.87. The fraction of sp³-hybridized carbons (Fsp3) is 0.214. The van der Waals surface area contributed by atoms with Crippen molar-refractivity contribution in [3.63, 3.8) is 0 Å². The molecule has 0 saturated heterocycles. The van der Waals surface area contributed by atoms with E-state index >= 15 is 0 Å². The number of hydrogen-bond donors (Lipinski definition) is 0. The Labute approximate surface area is 111 Å². The number of aromatic nitrogens is 2. The molecule has 98 valence electrons. The second kappa shape index (κ2) is 5.56. The van der Waals surface area contributed by atoms with Crippen LogP contribution in [0.25, 0.3) is 11.3 Å². The molecular weight excluding hydrogens is 243 g/mol. The van der Waals surface area contributed by atoms with Crippen molar-refractivity contribution in [2.75, 3.05) is 14.1 Å². The number of halogens is 1. The highest BCUT2D eigenvalue weighted by atomic mass is 19.1. The van der Waals surface area contributed by atoms with Crippen molar-refractivity contribution in [2.24, 2.45) is 4.99 Å². The molecule has 0 aliphatic heterocycles. The van der Waals surface area contributed by atoms with E-state index in [0.29, 0.717) is 11.5 Å². The van der Waals surface area contributed by atoms with Crippen LogP contribution in [0.5, 0.6) is 0 Å². The Hall–Kier alpha value is -2.30. The Morgan fingerprint density at radius 3 is 2.42 bits per heavy atom. The first-order valence-electron chi connectivity index (χ1n) is 5.87. The highest BCUT2D eigenvalue weighted by molar-refractivity contribution is 5.64. The molecule has 0 saturated carbocycles. The standard InChI is InChI=1S/C14H15FN4/c1-10-8-13(11-4-6-12(15)7-5-11)17-18-14(10)16-9-19(2)3/h4-9H,1-3H3. The second-order valence-corrected chi connectivity index (χ2v) is 4.45. The molecule has 0 aliphatic rings. The molecule has 1 aromatic heterocycles. The maximum atomic E-state index is 12.9. The summed E-state index contributed by atoms with van der Waals surface area (Å²) >= 11 is 0. The minimum Gasteiger partial charge on any atom is -0.369 e. The molecule has 0 N–H and O–H groups in total. The van der Waals surface area contributed by atoms with Gasteiger partial charge in [-0.15, -0.1) is 10.2 Å². The molecule has 19 heavy (non-hydrogen) atoms. The Bertz CT molecular complexity index is 591. The number of aliphatic imine (C=N–C) groups is 1. The van der Waals surface area contributed by atoms with Gasteiger partial charge in [-0.1, -0.05) is 0 Å². The van der Waals surface area contributed by atoms with E-state index < -0.39 is 0 Å². The third-order valence-electron chi connectivity index (χ3n) is 2.51. The zero-order valence-electron chi connectivity index (χ0n) is 11.1. The summed E-state index contributed by atoms with van der Waals surface area (Å²) in [7, 11) is 3.78. The number of nitrogens with zero attached hydrogens (tertiary/aromatic N) is 4. The summed E-state index contributed by atoms with van der Waals surface area (Å²) in [6.07, 6.45) is 1.68. The summed E-state index contributed by atoms with van der Waals surface area (Å²) in [6.45, 7) is 1.92. The summed E-state index contributed by atoms with van der Waals surface area (Å²) in [4.78, 5) is 6.05. The Morgan fingerprint density at radius 1 is 1.16 bits per heavy atom. The molecular formula is C14H15FN4. The van der Waals surface area contributed by atoms with Crippen LogP contribution in [-0.2, 0) is 0 Å². The summed E-state index contributed by atoms with van der Waals surface area (Å²) in [5.41, 5.74) is 2.47. The van der Waals surface area contributed by atoms with E-state index in [1.165, 1.54) is 12.1 Å². The van der Waals surface area contributed by atoms with Gasteiger partial charge in [0.05, 0.1) is 12.0 Å². The lowest BCUT2D eigenvalue weighted by Gasteiger charge is -2.05. The maximum Gasteiger partial charge on any atom is 0.178 e. The molecule has 0 amide bonds. The van der Waals surface area contributed by atoms with Gasteiger partial charge < -0.3 is 4.90 Å². The summed E-state index contributed by atoms with van der Waals surface area (Å²) in [5, 5.41) is 8.19. The molecule has 1 aromatic carbocycles. The minimum absolute atomic E-state index is 0.263. The number of benzene rings is 1. The lowest BCUT2D eigenvalue weighted by Crippen LogP contribution is -2.07. The average Bonchev–Trinajstić information content (AvgIpc) is 2.38. The Morgan fingerprint density at radius 2 is 1.84 bits per heavy atom. The van der Waals surface area contributed by atoms with Crippen LogP contribution in [0.3, 0.4) is 0 Å². The smallest absolute Gasteiger partial charge is 0.178 e. The zero-order chi connectivity index (χ0) is 13.8. The molecule has 0 bridgehead atoms. The highest BCUT2D eigenvalue weighted by Crippen LogP contribution is 2.21. The molecule has 0 aliphatic carbocycles. The molecule has 2 rings (SSSR count). The molecule has 0 spiro atoms. The minimum atomic E-state index is -0.263. The molecule has 0 fully saturated rings. The van der Waals surface area contributed by atoms with E-state index in [4.69, 9.17) is 0 Å². The van der Waals surface area contributed by atoms with Crippen LogP contribution >= 0.6 is 0 Å². The molecule has 0 unspecified atom stereocenters. The van der Waals surface area contributed by atoms with Crippen LogP contribution < -0.4 is 0 Å². The van der Waals surface area contributed by atoms with Gasteiger partial charge in [-0.05, 0) is 42.8 Å². The van der Waals surface area contributed by atoms with Crippen LogP contribution in [0.2, 0.25) is 0 Å². The topological polar surface area (TPSA) is 41.4 Å². The van der Waals surface area contributed by atoms with Crippen LogP contribution in [0.1, 0.15) is 5.56 Å². The van der Waals surface area contributed by atoms with Crippen molar-refractivity contribution in [1.82, 2.24) is 15.1 Å². The number of aryl methyl sites for hydroxylation is 1. The SMILES string of the molecule is Cc1cc(-c2ccc(F)cc2)nnc1N=CN(C)C. The van der Waals surface area contributed by atoms with E-state index in [1.807, 2.05) is 32.0 Å². The zero-order valence-corrected chi connectivity index (χ0v) is 11.1. The van der Waals surface area contributed by atoms with Crippen LogP contribution in [-0.4, -0.2) is 35.5 Å². The summed E-state index contributed by atoms with van der Waals surface area (Å²) in [5.74, 6) is 0.320. The fourth-order valence-corrected chi connectivity index (χ4v) is 1.54. The van der Waals surface area contributed by atoms with Gasteiger partial charge in [0.1, 0.15) is 5.82 Å². The van der Waals surface area contributed by atoms with Crippen LogP contribution in [0.4, 0.5) is 10.2 Å². The highest BCUT2D eigenvalue weighted by Gasteiger charge is 2.04. The predicted octanol–water partition coefficient (Wildman–Crippen LogP) is 2.81. The first-order chi connectivity index (χ1) is 9.06. The molecule has 4 nitrogen and oxygen atoms in total. The van der Waals surface area contributed by atoms with Gasteiger partial charge in [0.2, 0.25) is 0 Å².